The van der Waals surface area contributed by atoms with Crippen molar-refractivity contribution in [1.82, 2.24) is 0 Å². The topological polar surface area (TPSA) is 3.24 Å². The Morgan fingerprint density at radius 1 is 0.365 bits per heavy atom. The predicted molar refractivity (Wildman–Crippen MR) is 222 cm³/mol. The average molecular weight is 664 g/mol. The minimum absolute atomic E-state index is 0.182. The molecule has 0 aromatic heterocycles. The van der Waals surface area contributed by atoms with Crippen molar-refractivity contribution < 1.29 is 0 Å². The molecular weight excluding hydrogens is 627 g/mol. The highest BCUT2D eigenvalue weighted by Crippen LogP contribution is 2.57. The Hall–Kier alpha value is -6.44. The van der Waals surface area contributed by atoms with Gasteiger partial charge in [0.05, 0.1) is 5.69 Å². The second kappa shape index (κ2) is 11.8. The Balaban J connectivity index is 1.26. The first-order valence-corrected chi connectivity index (χ1v) is 18.2. The summed E-state index contributed by atoms with van der Waals surface area (Å²) >= 11 is 0. The molecule has 0 aliphatic heterocycles. The van der Waals surface area contributed by atoms with Crippen LogP contribution in [0.2, 0.25) is 0 Å². The Morgan fingerprint density at radius 3 is 1.73 bits per heavy atom. The van der Waals surface area contributed by atoms with Crippen LogP contribution >= 0.6 is 0 Å². The Kier molecular flexibility index (Phi) is 6.91. The second-order valence-corrected chi connectivity index (χ2v) is 14.5. The minimum atomic E-state index is -0.182. The third-order valence-corrected chi connectivity index (χ3v) is 11.2. The molecule has 0 unspecified atom stereocenters. The van der Waals surface area contributed by atoms with Gasteiger partial charge in [-0.05, 0) is 102 Å². The summed E-state index contributed by atoms with van der Waals surface area (Å²) in [7, 11) is 0. The van der Waals surface area contributed by atoms with Crippen LogP contribution in [0.1, 0.15) is 25.0 Å². The van der Waals surface area contributed by atoms with Crippen LogP contribution in [0, 0.1) is 0 Å². The first-order valence-electron chi connectivity index (χ1n) is 18.2. The summed E-state index contributed by atoms with van der Waals surface area (Å²) in [5, 5.41) is 7.83. The fourth-order valence-corrected chi connectivity index (χ4v) is 8.92. The molecule has 0 spiro atoms. The summed E-state index contributed by atoms with van der Waals surface area (Å²) in [5.41, 5.74) is 13.6. The molecule has 0 atom stereocenters. The molecule has 1 aliphatic rings. The standard InChI is InChI=1S/C51H37N/c1-51(2)49-41-23-13-12-20-36(41)26-30-45(49)48-43-25-15-14-24-42(43)46-33-39(28-31-44(46)50(48)51)52(38-21-10-5-11-22-38)47-32-37(34-16-6-3-7-17-34)27-29-40(47)35-18-8-4-9-19-35/h3-33H,1-2H3. The average Bonchev–Trinajstić information content (AvgIpc) is 3.46. The number of para-hydroxylation sites is 1. The van der Waals surface area contributed by atoms with Gasteiger partial charge in [0, 0.05) is 22.4 Å². The highest BCUT2D eigenvalue weighted by molar-refractivity contribution is 6.20. The molecule has 0 amide bonds. The zero-order valence-electron chi connectivity index (χ0n) is 29.3. The van der Waals surface area contributed by atoms with Gasteiger partial charge in [-0.15, -0.1) is 0 Å². The van der Waals surface area contributed by atoms with Crippen LogP contribution < -0.4 is 4.90 Å². The number of rotatable bonds is 5. The largest absolute Gasteiger partial charge is 0.310 e. The number of benzene rings is 9. The third-order valence-electron chi connectivity index (χ3n) is 11.2. The molecule has 0 radical (unpaired) electrons. The van der Waals surface area contributed by atoms with E-state index in [9.17, 15) is 0 Å². The van der Waals surface area contributed by atoms with Crippen molar-refractivity contribution in [2.75, 3.05) is 4.90 Å². The van der Waals surface area contributed by atoms with Crippen molar-refractivity contribution in [3.63, 3.8) is 0 Å². The molecule has 1 aliphatic carbocycles. The van der Waals surface area contributed by atoms with Gasteiger partial charge in [-0.25, -0.2) is 0 Å². The lowest BCUT2D eigenvalue weighted by Gasteiger charge is -2.30. The van der Waals surface area contributed by atoms with E-state index in [2.05, 4.69) is 207 Å². The molecular formula is C51H37N. The summed E-state index contributed by atoms with van der Waals surface area (Å²) in [6.07, 6.45) is 0. The lowest BCUT2D eigenvalue weighted by atomic mass is 9.78. The molecule has 0 N–H and O–H groups in total. The normalized spacial score (nSPS) is 13.0. The molecule has 246 valence electrons. The molecule has 1 heteroatoms. The number of hydrogen-bond donors (Lipinski definition) is 0. The van der Waals surface area contributed by atoms with E-state index in [0.717, 1.165) is 17.1 Å². The van der Waals surface area contributed by atoms with Gasteiger partial charge in [0.1, 0.15) is 0 Å². The Morgan fingerprint density at radius 2 is 0.981 bits per heavy atom. The summed E-state index contributed by atoms with van der Waals surface area (Å²) in [6, 6.07) is 68.9. The van der Waals surface area contributed by atoms with E-state index in [-0.39, 0.29) is 5.41 Å². The predicted octanol–water partition coefficient (Wildman–Crippen LogP) is 14.3. The van der Waals surface area contributed by atoms with Gasteiger partial charge in [0.15, 0.2) is 0 Å². The van der Waals surface area contributed by atoms with Crippen molar-refractivity contribution in [3.8, 4) is 33.4 Å². The Bertz CT molecular complexity index is 2800. The van der Waals surface area contributed by atoms with Crippen molar-refractivity contribution in [3.05, 3.63) is 199 Å². The highest BCUT2D eigenvalue weighted by Gasteiger charge is 2.39. The number of anilines is 3. The molecule has 1 nitrogen and oxygen atoms in total. The van der Waals surface area contributed by atoms with Crippen molar-refractivity contribution in [2.24, 2.45) is 0 Å². The molecule has 9 aromatic rings. The fourth-order valence-electron chi connectivity index (χ4n) is 8.92. The van der Waals surface area contributed by atoms with Gasteiger partial charge < -0.3 is 4.90 Å². The first kappa shape index (κ1) is 30.4. The van der Waals surface area contributed by atoms with E-state index in [1.165, 1.54) is 76.8 Å². The maximum absolute atomic E-state index is 2.45. The maximum Gasteiger partial charge on any atom is 0.0546 e. The van der Waals surface area contributed by atoms with E-state index in [1.54, 1.807) is 0 Å². The summed E-state index contributed by atoms with van der Waals surface area (Å²) < 4.78 is 0. The molecule has 52 heavy (non-hydrogen) atoms. The van der Waals surface area contributed by atoms with E-state index < -0.39 is 0 Å². The molecule has 0 saturated carbocycles. The summed E-state index contributed by atoms with van der Waals surface area (Å²) in [6.45, 7) is 4.84. The SMILES string of the molecule is CC1(C)c2c(ccc3ccccc23)-c2c1c1ccc(N(c3ccccc3)c3cc(-c4ccccc4)ccc3-c3ccccc3)cc1c1ccccc21. The van der Waals surface area contributed by atoms with E-state index >= 15 is 0 Å². The quantitative estimate of drug-likeness (QED) is 0.166. The number of hydrogen-bond acceptors (Lipinski definition) is 1. The zero-order valence-corrected chi connectivity index (χ0v) is 29.3. The van der Waals surface area contributed by atoms with Crippen molar-refractivity contribution in [2.45, 2.75) is 19.3 Å². The van der Waals surface area contributed by atoms with Crippen LogP contribution in [0.15, 0.2) is 188 Å². The molecule has 9 aromatic carbocycles. The second-order valence-electron chi connectivity index (χ2n) is 14.5. The van der Waals surface area contributed by atoms with Gasteiger partial charge in [0.2, 0.25) is 0 Å². The van der Waals surface area contributed by atoms with Crippen molar-refractivity contribution in [1.29, 1.82) is 0 Å². The Labute approximate surface area is 305 Å². The van der Waals surface area contributed by atoms with E-state index in [0.29, 0.717) is 0 Å². The molecule has 0 saturated heterocycles. The number of fused-ring (bicyclic) bond motifs is 10. The van der Waals surface area contributed by atoms with E-state index in [1.807, 2.05) is 0 Å². The van der Waals surface area contributed by atoms with Gasteiger partial charge >= 0.3 is 0 Å². The maximum atomic E-state index is 2.45. The van der Waals surface area contributed by atoms with Crippen molar-refractivity contribution >= 4 is 49.4 Å². The summed E-state index contributed by atoms with van der Waals surface area (Å²) in [4.78, 5) is 2.45. The fraction of sp³-hybridized carbons (Fsp3) is 0.0588. The lowest BCUT2D eigenvalue weighted by Crippen LogP contribution is -2.16. The van der Waals surface area contributed by atoms with Crippen LogP contribution in [0.5, 0.6) is 0 Å². The van der Waals surface area contributed by atoms with Gasteiger partial charge in [-0.3, -0.25) is 0 Å². The van der Waals surface area contributed by atoms with Gasteiger partial charge in [0.25, 0.3) is 0 Å². The van der Waals surface area contributed by atoms with Crippen LogP contribution in [0.3, 0.4) is 0 Å². The monoisotopic (exact) mass is 663 g/mol. The number of nitrogens with zero attached hydrogens (tertiary/aromatic N) is 1. The smallest absolute Gasteiger partial charge is 0.0546 e. The van der Waals surface area contributed by atoms with Crippen LogP contribution in [-0.2, 0) is 5.41 Å². The van der Waals surface area contributed by atoms with Crippen LogP contribution in [0.4, 0.5) is 17.1 Å². The first-order chi connectivity index (χ1) is 25.6. The minimum Gasteiger partial charge on any atom is -0.310 e. The summed E-state index contributed by atoms with van der Waals surface area (Å²) in [5.74, 6) is 0. The molecule has 0 bridgehead atoms. The zero-order chi connectivity index (χ0) is 34.8. The van der Waals surface area contributed by atoms with Crippen LogP contribution in [0.25, 0.3) is 65.7 Å². The van der Waals surface area contributed by atoms with Gasteiger partial charge in [-0.2, -0.15) is 0 Å². The molecule has 0 heterocycles. The molecule has 0 fully saturated rings. The van der Waals surface area contributed by atoms with E-state index in [4.69, 9.17) is 0 Å². The molecule has 10 rings (SSSR count). The lowest BCUT2D eigenvalue weighted by molar-refractivity contribution is 0.672. The highest BCUT2D eigenvalue weighted by atomic mass is 15.1. The van der Waals surface area contributed by atoms with Gasteiger partial charge in [-0.1, -0.05) is 172 Å². The van der Waals surface area contributed by atoms with Crippen LogP contribution in [-0.4, -0.2) is 0 Å². The third kappa shape index (κ3) is 4.63.